The highest BCUT2D eigenvalue weighted by Crippen LogP contribution is 2.23. The van der Waals surface area contributed by atoms with Crippen molar-refractivity contribution in [1.82, 2.24) is 9.88 Å². The Balaban J connectivity index is 1.64. The van der Waals surface area contributed by atoms with E-state index in [1.807, 2.05) is 30.3 Å². The van der Waals surface area contributed by atoms with Crippen LogP contribution >= 0.6 is 0 Å². The summed E-state index contributed by atoms with van der Waals surface area (Å²) >= 11 is 0. The Morgan fingerprint density at radius 1 is 1.06 bits per heavy atom. The average Bonchev–Trinajstić information content (AvgIpc) is 3.12. The predicted octanol–water partition coefficient (Wildman–Crippen LogP) is 4.02. The fourth-order valence-electron chi connectivity index (χ4n) is 2.87. The van der Waals surface area contributed by atoms with Crippen molar-refractivity contribution in [3.8, 4) is 0 Å². The molecule has 3 rings (SSSR count). The van der Waals surface area contributed by atoms with Crippen molar-refractivity contribution in [2.24, 2.45) is 0 Å². The number of hydrogen-bond donors (Lipinski definition) is 2. The molecule has 2 N–H and O–H groups in total. The number of nitrogens with one attached hydrogen (secondary N) is 2. The van der Waals surface area contributed by atoms with Crippen molar-refractivity contribution < 1.29 is 17.7 Å². The summed E-state index contributed by atoms with van der Waals surface area (Å²) in [5.74, 6) is 0.300. The Hall–Kier alpha value is -3.23. The zero-order chi connectivity index (χ0) is 22.3. The van der Waals surface area contributed by atoms with Crippen molar-refractivity contribution in [2.75, 3.05) is 11.9 Å². The maximum Gasteiger partial charge on any atom is 0.240 e. The molecule has 0 aliphatic rings. The van der Waals surface area contributed by atoms with E-state index in [1.165, 1.54) is 0 Å². The Kier molecular flexibility index (Phi) is 7.38. The van der Waals surface area contributed by atoms with Crippen LogP contribution < -0.4 is 10.0 Å². The molecule has 0 spiro atoms. The molecule has 0 radical (unpaired) electrons. The largest absolute Gasteiger partial charge is 0.354 e. The molecular formula is C23H25N3O4S. The summed E-state index contributed by atoms with van der Waals surface area (Å²) in [4.78, 5) is 11.9. The van der Waals surface area contributed by atoms with Gasteiger partial charge in [0.25, 0.3) is 0 Å². The molecule has 0 aliphatic carbocycles. The van der Waals surface area contributed by atoms with E-state index >= 15 is 0 Å². The smallest absolute Gasteiger partial charge is 0.240 e. The summed E-state index contributed by atoms with van der Waals surface area (Å²) in [7, 11) is -3.58. The fourth-order valence-corrected chi connectivity index (χ4v) is 3.90. The van der Waals surface area contributed by atoms with Gasteiger partial charge in [0.1, 0.15) is 11.4 Å². The quantitative estimate of drug-likeness (QED) is 0.524. The average molecular weight is 440 g/mol. The van der Waals surface area contributed by atoms with E-state index in [0.717, 1.165) is 11.1 Å². The zero-order valence-corrected chi connectivity index (χ0v) is 18.3. The standard InChI is InChI=1S/C23H25N3O4S/c1-3-22(27)25-23-17(2)26-30-21(23)14-11-19-9-12-20(13-10-19)31(28,29)24-16-15-18-7-5-4-6-8-18/h4-14,24H,3,15-16H2,1-2H3,(H,25,27)/b14-11-. The Labute approximate surface area is 182 Å². The molecule has 1 amide bonds. The predicted molar refractivity (Wildman–Crippen MR) is 121 cm³/mol. The lowest BCUT2D eigenvalue weighted by molar-refractivity contribution is -0.115. The highest BCUT2D eigenvalue weighted by Gasteiger charge is 2.14. The SMILES string of the molecule is CCC(=O)Nc1c(C)noc1/C=C\c1ccc(S(=O)(=O)NCCc2ccccc2)cc1. The lowest BCUT2D eigenvalue weighted by Gasteiger charge is -2.07. The highest BCUT2D eigenvalue weighted by atomic mass is 32.2. The number of benzene rings is 2. The minimum Gasteiger partial charge on any atom is -0.354 e. The monoisotopic (exact) mass is 439 g/mol. The number of anilines is 1. The lowest BCUT2D eigenvalue weighted by atomic mass is 10.2. The third kappa shape index (κ3) is 6.13. The third-order valence-corrected chi connectivity index (χ3v) is 6.12. The Morgan fingerprint density at radius 2 is 1.77 bits per heavy atom. The van der Waals surface area contributed by atoms with Gasteiger partial charge in [0.15, 0.2) is 5.76 Å². The molecule has 7 nitrogen and oxygen atoms in total. The minimum atomic E-state index is -3.58. The number of amides is 1. The second kappa shape index (κ2) is 10.2. The molecule has 0 fully saturated rings. The van der Waals surface area contributed by atoms with Gasteiger partial charge in [0.05, 0.1) is 4.90 Å². The van der Waals surface area contributed by atoms with E-state index in [9.17, 15) is 13.2 Å². The first-order chi connectivity index (χ1) is 14.9. The molecule has 8 heteroatoms. The van der Waals surface area contributed by atoms with Gasteiger partial charge in [-0.15, -0.1) is 0 Å². The van der Waals surface area contributed by atoms with Gasteiger partial charge in [0.2, 0.25) is 15.9 Å². The van der Waals surface area contributed by atoms with Crippen LogP contribution in [-0.2, 0) is 21.2 Å². The molecule has 162 valence electrons. The summed E-state index contributed by atoms with van der Waals surface area (Å²) in [5, 5.41) is 6.66. The normalized spacial score (nSPS) is 11.7. The molecule has 1 heterocycles. The first kappa shape index (κ1) is 22.5. The summed E-state index contributed by atoms with van der Waals surface area (Å²) in [6.07, 6.45) is 4.42. The number of aryl methyl sites for hydroxylation is 1. The molecule has 0 saturated heterocycles. The number of carbonyl (C=O) groups excluding carboxylic acids is 1. The number of sulfonamides is 1. The van der Waals surface area contributed by atoms with Crippen LogP contribution in [0.4, 0.5) is 5.69 Å². The van der Waals surface area contributed by atoms with Crippen LogP contribution in [0.2, 0.25) is 0 Å². The van der Waals surface area contributed by atoms with Crippen LogP contribution in [0.25, 0.3) is 12.2 Å². The molecule has 0 unspecified atom stereocenters. The molecule has 0 aliphatic heterocycles. The number of rotatable bonds is 9. The number of hydrogen-bond acceptors (Lipinski definition) is 5. The Bertz CT molecular complexity index is 1150. The maximum atomic E-state index is 12.5. The van der Waals surface area contributed by atoms with E-state index in [0.29, 0.717) is 36.5 Å². The molecule has 3 aromatic rings. The summed E-state index contributed by atoms with van der Waals surface area (Å²) in [6.45, 7) is 3.83. The zero-order valence-electron chi connectivity index (χ0n) is 17.5. The second-order valence-electron chi connectivity index (χ2n) is 6.94. The van der Waals surface area contributed by atoms with Crippen LogP contribution in [0, 0.1) is 6.92 Å². The van der Waals surface area contributed by atoms with E-state index < -0.39 is 10.0 Å². The summed E-state index contributed by atoms with van der Waals surface area (Å²) < 4.78 is 32.9. The van der Waals surface area contributed by atoms with E-state index in [2.05, 4.69) is 15.2 Å². The van der Waals surface area contributed by atoms with Crippen molar-refractivity contribution in [2.45, 2.75) is 31.6 Å². The summed E-state index contributed by atoms with van der Waals surface area (Å²) in [6, 6.07) is 16.2. The number of carbonyl (C=O) groups is 1. The number of aromatic nitrogens is 1. The third-order valence-electron chi connectivity index (χ3n) is 4.64. The van der Waals surface area contributed by atoms with Crippen molar-refractivity contribution in [3.05, 3.63) is 77.2 Å². The van der Waals surface area contributed by atoms with E-state index in [-0.39, 0.29) is 10.8 Å². The van der Waals surface area contributed by atoms with Gasteiger partial charge in [0, 0.05) is 13.0 Å². The highest BCUT2D eigenvalue weighted by molar-refractivity contribution is 7.89. The topological polar surface area (TPSA) is 101 Å². The van der Waals surface area contributed by atoms with Gasteiger partial charge in [-0.3, -0.25) is 4.79 Å². The van der Waals surface area contributed by atoms with Gasteiger partial charge in [-0.25, -0.2) is 13.1 Å². The van der Waals surface area contributed by atoms with Crippen molar-refractivity contribution in [3.63, 3.8) is 0 Å². The molecule has 2 aromatic carbocycles. The van der Waals surface area contributed by atoms with Crippen LogP contribution in [0.15, 0.2) is 64.0 Å². The minimum absolute atomic E-state index is 0.129. The van der Waals surface area contributed by atoms with Crippen LogP contribution in [-0.4, -0.2) is 26.0 Å². The molecule has 0 atom stereocenters. The first-order valence-corrected chi connectivity index (χ1v) is 11.4. The van der Waals surface area contributed by atoms with Crippen molar-refractivity contribution >= 4 is 33.8 Å². The lowest BCUT2D eigenvalue weighted by Crippen LogP contribution is -2.25. The molecule has 31 heavy (non-hydrogen) atoms. The van der Waals surface area contributed by atoms with Gasteiger partial charge < -0.3 is 9.84 Å². The van der Waals surface area contributed by atoms with Gasteiger partial charge in [-0.05, 0) is 42.7 Å². The fraction of sp³-hybridized carbons (Fsp3) is 0.217. The molecule has 0 bridgehead atoms. The Morgan fingerprint density at radius 3 is 2.45 bits per heavy atom. The van der Waals surface area contributed by atoms with Gasteiger partial charge in [-0.2, -0.15) is 0 Å². The number of nitrogens with zero attached hydrogens (tertiary/aromatic N) is 1. The van der Waals surface area contributed by atoms with Gasteiger partial charge in [-0.1, -0.05) is 60.6 Å². The maximum absolute atomic E-state index is 12.5. The van der Waals surface area contributed by atoms with E-state index in [1.54, 1.807) is 50.3 Å². The molecular weight excluding hydrogens is 414 g/mol. The van der Waals surface area contributed by atoms with E-state index in [4.69, 9.17) is 4.52 Å². The second-order valence-corrected chi connectivity index (χ2v) is 8.71. The van der Waals surface area contributed by atoms with Crippen LogP contribution in [0.3, 0.4) is 0 Å². The molecule has 0 saturated carbocycles. The van der Waals surface area contributed by atoms with Crippen LogP contribution in [0.5, 0.6) is 0 Å². The summed E-state index contributed by atoms with van der Waals surface area (Å²) in [5.41, 5.74) is 2.97. The first-order valence-electron chi connectivity index (χ1n) is 9.97. The van der Waals surface area contributed by atoms with Crippen molar-refractivity contribution in [1.29, 1.82) is 0 Å². The van der Waals surface area contributed by atoms with Crippen LogP contribution in [0.1, 0.15) is 35.9 Å². The van der Waals surface area contributed by atoms with Gasteiger partial charge >= 0.3 is 0 Å². The molecule has 1 aromatic heterocycles.